The van der Waals surface area contributed by atoms with E-state index in [4.69, 9.17) is 11.6 Å². The van der Waals surface area contributed by atoms with Gasteiger partial charge in [0.15, 0.2) is 0 Å². The number of hydrogen-bond acceptors (Lipinski definition) is 3. The van der Waals surface area contributed by atoms with Crippen LogP contribution in [-0.4, -0.2) is 25.8 Å². The third kappa shape index (κ3) is 6.86. The van der Waals surface area contributed by atoms with Crippen molar-refractivity contribution in [1.82, 2.24) is 5.32 Å². The van der Waals surface area contributed by atoms with Gasteiger partial charge in [0.2, 0.25) is 0 Å². The summed E-state index contributed by atoms with van der Waals surface area (Å²) in [6, 6.07) is 0. The van der Waals surface area contributed by atoms with Gasteiger partial charge in [-0.15, -0.1) is 0 Å². The highest BCUT2D eigenvalue weighted by atomic mass is 35.5. The molecule has 62 valence electrons. The van der Waals surface area contributed by atoms with E-state index < -0.39 is 0 Å². The van der Waals surface area contributed by atoms with Gasteiger partial charge < -0.3 is 10.2 Å². The van der Waals surface area contributed by atoms with E-state index in [9.17, 15) is 4.79 Å². The van der Waals surface area contributed by atoms with Crippen LogP contribution in [0.4, 0.5) is 0 Å². The molecule has 0 saturated carbocycles. The number of hydrogen-bond donors (Lipinski definition) is 1. The van der Waals surface area contributed by atoms with Gasteiger partial charge in [-0.2, -0.15) is 0 Å². The molecular weight excluding hydrogens is 168 g/mol. The molecule has 0 aromatic carbocycles. The van der Waals surface area contributed by atoms with E-state index in [1.165, 1.54) is 7.11 Å². The Balaban J connectivity index is 3.53. The molecule has 0 atom stereocenters. The third-order valence-corrected chi connectivity index (χ3v) is 0.863. The number of carbonyl (C=O) groups excluding carboxylic acids is 1. The lowest BCUT2D eigenvalue weighted by molar-refractivity contribution is -0.114. The maximum Gasteiger partial charge on any atom is 0.266 e. The summed E-state index contributed by atoms with van der Waals surface area (Å²) in [5.41, 5.74) is 0. The van der Waals surface area contributed by atoms with Gasteiger partial charge in [0.25, 0.3) is 5.91 Å². The van der Waals surface area contributed by atoms with Crippen LogP contribution in [0.3, 0.4) is 0 Å². The fourth-order valence-electron chi connectivity index (χ4n) is 0.329. The monoisotopic (exact) mass is 176 g/mol. The standard InChI is InChI=1S/C6H9ClN2O2/c1-5(7)3-8-6(10)4-9-11-2/h4H,1,3H2,2H3,(H,8,10)/b9-4+. The van der Waals surface area contributed by atoms with Crippen LogP contribution in [0.2, 0.25) is 0 Å². The van der Waals surface area contributed by atoms with E-state index in [2.05, 4.69) is 21.9 Å². The van der Waals surface area contributed by atoms with Gasteiger partial charge in [-0.25, -0.2) is 0 Å². The summed E-state index contributed by atoms with van der Waals surface area (Å²) in [4.78, 5) is 14.9. The number of oxime groups is 1. The lowest BCUT2D eigenvalue weighted by Crippen LogP contribution is -2.25. The SMILES string of the molecule is C=C(Cl)CNC(=O)/C=N/OC. The number of rotatable bonds is 4. The molecule has 5 heteroatoms. The first kappa shape index (κ1) is 9.97. The van der Waals surface area contributed by atoms with Crippen molar-refractivity contribution in [3.8, 4) is 0 Å². The van der Waals surface area contributed by atoms with Gasteiger partial charge in [0.05, 0.1) is 6.54 Å². The Kier molecular flexibility index (Phi) is 5.20. The van der Waals surface area contributed by atoms with Gasteiger partial charge in [0.1, 0.15) is 13.3 Å². The normalized spacial score (nSPS) is 9.64. The lowest BCUT2D eigenvalue weighted by Gasteiger charge is -1.96. The summed E-state index contributed by atoms with van der Waals surface area (Å²) in [5.74, 6) is -0.367. The smallest absolute Gasteiger partial charge is 0.266 e. The van der Waals surface area contributed by atoms with Gasteiger partial charge >= 0.3 is 0 Å². The van der Waals surface area contributed by atoms with Crippen molar-refractivity contribution >= 4 is 23.7 Å². The largest absolute Gasteiger partial charge is 0.399 e. The minimum Gasteiger partial charge on any atom is -0.399 e. The van der Waals surface area contributed by atoms with Crippen molar-refractivity contribution in [3.05, 3.63) is 11.6 Å². The molecular formula is C6H9ClN2O2. The number of nitrogens with one attached hydrogen (secondary N) is 1. The predicted molar refractivity (Wildman–Crippen MR) is 43.5 cm³/mol. The molecule has 1 amide bonds. The van der Waals surface area contributed by atoms with Crippen LogP contribution in [0.1, 0.15) is 0 Å². The molecule has 0 fully saturated rings. The molecule has 0 aromatic rings. The number of nitrogens with zero attached hydrogens (tertiary/aromatic N) is 1. The molecule has 0 radical (unpaired) electrons. The van der Waals surface area contributed by atoms with Crippen LogP contribution in [0.25, 0.3) is 0 Å². The summed E-state index contributed by atoms with van der Waals surface area (Å²) < 4.78 is 0. The average molecular weight is 177 g/mol. The summed E-state index contributed by atoms with van der Waals surface area (Å²) >= 11 is 5.37. The third-order valence-electron chi connectivity index (χ3n) is 0.730. The molecule has 1 N–H and O–H groups in total. The van der Waals surface area contributed by atoms with E-state index in [0.29, 0.717) is 5.03 Å². The Morgan fingerprint density at radius 3 is 3.00 bits per heavy atom. The van der Waals surface area contributed by atoms with E-state index in [1.807, 2.05) is 0 Å². The molecule has 0 aliphatic rings. The molecule has 0 unspecified atom stereocenters. The van der Waals surface area contributed by atoms with Gasteiger partial charge in [0, 0.05) is 5.03 Å². The highest BCUT2D eigenvalue weighted by molar-refractivity contribution is 6.30. The molecule has 4 nitrogen and oxygen atoms in total. The average Bonchev–Trinajstić information content (AvgIpc) is 1.97. The minimum atomic E-state index is -0.367. The molecule has 0 heterocycles. The van der Waals surface area contributed by atoms with Crippen molar-refractivity contribution in [2.75, 3.05) is 13.7 Å². The summed E-state index contributed by atoms with van der Waals surface area (Å²) in [6.45, 7) is 3.61. The van der Waals surface area contributed by atoms with Crippen molar-refractivity contribution in [2.45, 2.75) is 0 Å². The van der Waals surface area contributed by atoms with Crippen molar-refractivity contribution in [1.29, 1.82) is 0 Å². The van der Waals surface area contributed by atoms with E-state index >= 15 is 0 Å². The zero-order valence-electron chi connectivity index (χ0n) is 6.13. The number of halogens is 1. The Morgan fingerprint density at radius 1 is 1.91 bits per heavy atom. The van der Waals surface area contributed by atoms with Crippen LogP contribution in [0.5, 0.6) is 0 Å². The molecule has 0 bridgehead atoms. The zero-order chi connectivity index (χ0) is 8.69. The zero-order valence-corrected chi connectivity index (χ0v) is 6.89. The second kappa shape index (κ2) is 5.73. The van der Waals surface area contributed by atoms with E-state index in [0.717, 1.165) is 6.21 Å². The van der Waals surface area contributed by atoms with Crippen LogP contribution in [0, 0.1) is 0 Å². The fourth-order valence-corrected chi connectivity index (χ4v) is 0.396. The molecule has 0 aliphatic heterocycles. The molecule has 0 aliphatic carbocycles. The van der Waals surface area contributed by atoms with E-state index in [-0.39, 0.29) is 12.5 Å². The Morgan fingerprint density at radius 2 is 2.55 bits per heavy atom. The molecule has 0 saturated heterocycles. The Labute approximate surface area is 69.9 Å². The second-order valence-electron chi connectivity index (χ2n) is 1.65. The maximum atomic E-state index is 10.7. The van der Waals surface area contributed by atoms with Crippen molar-refractivity contribution in [2.24, 2.45) is 5.16 Å². The van der Waals surface area contributed by atoms with E-state index in [1.54, 1.807) is 0 Å². The van der Waals surface area contributed by atoms with Gasteiger partial charge in [-0.05, 0) is 0 Å². The Bertz CT molecular complexity index is 179. The lowest BCUT2D eigenvalue weighted by atomic mass is 10.5. The van der Waals surface area contributed by atoms with Crippen molar-refractivity contribution in [3.63, 3.8) is 0 Å². The first-order valence-electron chi connectivity index (χ1n) is 2.84. The topological polar surface area (TPSA) is 50.7 Å². The minimum absolute atomic E-state index is 0.232. The quantitative estimate of drug-likeness (QED) is 0.501. The Hall–Kier alpha value is -1.03. The fraction of sp³-hybridized carbons (Fsp3) is 0.333. The highest BCUT2D eigenvalue weighted by Crippen LogP contribution is 1.91. The van der Waals surface area contributed by atoms with Gasteiger partial charge in [-0.3, -0.25) is 4.79 Å². The molecule has 0 aromatic heterocycles. The predicted octanol–water partition coefficient (Wildman–Crippen LogP) is 0.487. The summed E-state index contributed by atoms with van der Waals surface area (Å²) in [6.07, 6.45) is 1.01. The molecule has 11 heavy (non-hydrogen) atoms. The first-order valence-corrected chi connectivity index (χ1v) is 3.22. The first-order chi connectivity index (χ1) is 5.16. The molecule has 0 spiro atoms. The van der Waals surface area contributed by atoms with Crippen LogP contribution < -0.4 is 5.32 Å². The van der Waals surface area contributed by atoms with Crippen molar-refractivity contribution < 1.29 is 9.63 Å². The number of amides is 1. The molecule has 0 rings (SSSR count). The van der Waals surface area contributed by atoms with Gasteiger partial charge in [-0.1, -0.05) is 23.3 Å². The summed E-state index contributed by atoms with van der Waals surface area (Å²) in [5, 5.41) is 6.02. The van der Waals surface area contributed by atoms with Crippen LogP contribution in [0.15, 0.2) is 16.8 Å². The van der Waals surface area contributed by atoms with Crippen LogP contribution >= 0.6 is 11.6 Å². The highest BCUT2D eigenvalue weighted by Gasteiger charge is 1.94. The summed E-state index contributed by atoms with van der Waals surface area (Å²) in [7, 11) is 1.35. The number of carbonyl (C=O) groups is 1. The maximum absolute atomic E-state index is 10.7. The second-order valence-corrected chi connectivity index (χ2v) is 2.19. The van der Waals surface area contributed by atoms with Crippen LogP contribution in [-0.2, 0) is 9.63 Å².